The summed E-state index contributed by atoms with van der Waals surface area (Å²) in [5, 5.41) is 11.2. The van der Waals surface area contributed by atoms with Gasteiger partial charge in [-0.3, -0.25) is 4.90 Å². The molecule has 0 amide bonds. The van der Waals surface area contributed by atoms with E-state index < -0.39 is 6.29 Å². The van der Waals surface area contributed by atoms with Crippen molar-refractivity contribution in [2.24, 2.45) is 11.8 Å². The number of carbonyl (C=O) groups is 1. The van der Waals surface area contributed by atoms with E-state index in [4.69, 9.17) is 9.47 Å². The van der Waals surface area contributed by atoms with Crippen LogP contribution in [0.4, 0.5) is 4.79 Å². The van der Waals surface area contributed by atoms with Gasteiger partial charge >= 0.3 is 6.09 Å². The maximum atomic E-state index is 12.7. The van der Waals surface area contributed by atoms with Crippen LogP contribution in [0, 0.1) is 11.8 Å². The fraction of sp³-hybridized carbons (Fsp3) is 0.571. The predicted molar refractivity (Wildman–Crippen MR) is 101 cm³/mol. The molecular formula is C21H26N2O4. The lowest BCUT2D eigenvalue weighted by atomic mass is 9.73. The van der Waals surface area contributed by atoms with Crippen molar-refractivity contribution < 1.29 is 19.4 Å². The molecule has 2 saturated heterocycles. The molecule has 1 aromatic heterocycles. The lowest BCUT2D eigenvalue weighted by molar-refractivity contribution is -0.209. The van der Waals surface area contributed by atoms with Crippen molar-refractivity contribution in [3.8, 4) is 0 Å². The highest BCUT2D eigenvalue weighted by atomic mass is 16.6. The lowest BCUT2D eigenvalue weighted by Crippen LogP contribution is -2.53. The highest BCUT2D eigenvalue weighted by Crippen LogP contribution is 2.47. The smallest absolute Gasteiger partial charge is 0.418 e. The van der Waals surface area contributed by atoms with Crippen LogP contribution < -0.4 is 0 Å². The molecule has 2 aromatic rings. The number of ether oxygens (including phenoxy) is 2. The Hall–Kier alpha value is -1.89. The SMILES string of the molecule is COC(=O)n1c2c(c3ccccc31)CCN1C[C@H]3[C@@H](C[C@@H](O)O[C@H]3C)C[C@@H]21. The fourth-order valence-electron chi connectivity index (χ4n) is 5.64. The summed E-state index contributed by atoms with van der Waals surface area (Å²) in [6.07, 6.45) is 1.61. The standard InChI is InChI=1S/C21H26N2O4/c1-12-16-11-22-8-7-15-14-5-3-4-6-17(14)23(21(25)26-2)20(15)18(22)9-13(16)10-19(24)27-12/h3-6,12-13,16,18-19,24H,7-11H2,1-2H3/t12-,13+,16+,18-,19-/m0/s1. The Morgan fingerprint density at radius 3 is 2.93 bits per heavy atom. The molecule has 6 nitrogen and oxygen atoms in total. The predicted octanol–water partition coefficient (Wildman–Crippen LogP) is 2.92. The monoisotopic (exact) mass is 370 g/mol. The lowest BCUT2D eigenvalue weighted by Gasteiger charge is -2.50. The van der Waals surface area contributed by atoms with E-state index in [2.05, 4.69) is 17.9 Å². The molecule has 4 heterocycles. The van der Waals surface area contributed by atoms with Crippen LogP contribution in [0.1, 0.15) is 37.1 Å². The zero-order chi connectivity index (χ0) is 18.7. The topological polar surface area (TPSA) is 63.9 Å². The van der Waals surface area contributed by atoms with Crippen LogP contribution >= 0.6 is 0 Å². The third-order valence-electron chi connectivity index (χ3n) is 6.84. The number of carbonyl (C=O) groups excluding carboxylic acids is 1. The summed E-state index contributed by atoms with van der Waals surface area (Å²) in [4.78, 5) is 15.2. The van der Waals surface area contributed by atoms with Crippen LogP contribution in [0.2, 0.25) is 0 Å². The molecule has 144 valence electrons. The minimum absolute atomic E-state index is 0.0626. The normalized spacial score (nSPS) is 33.2. The fourth-order valence-corrected chi connectivity index (χ4v) is 5.64. The molecule has 1 aromatic carbocycles. The Balaban J connectivity index is 1.62. The first-order chi connectivity index (χ1) is 13.1. The van der Waals surface area contributed by atoms with Crippen LogP contribution in [-0.4, -0.2) is 53.3 Å². The third kappa shape index (κ3) is 2.54. The summed E-state index contributed by atoms with van der Waals surface area (Å²) in [5.74, 6) is 0.835. The maximum absolute atomic E-state index is 12.7. The first kappa shape index (κ1) is 17.2. The number of hydrogen-bond acceptors (Lipinski definition) is 5. The van der Waals surface area contributed by atoms with E-state index in [1.165, 1.54) is 12.7 Å². The number of nitrogens with zero attached hydrogens (tertiary/aromatic N) is 2. The number of aliphatic hydroxyl groups is 1. The second-order valence-electron chi connectivity index (χ2n) is 8.14. The summed E-state index contributed by atoms with van der Waals surface area (Å²) < 4.78 is 12.6. The molecule has 27 heavy (non-hydrogen) atoms. The van der Waals surface area contributed by atoms with Crippen LogP contribution in [-0.2, 0) is 15.9 Å². The third-order valence-corrected chi connectivity index (χ3v) is 6.84. The first-order valence-electron chi connectivity index (χ1n) is 9.86. The Morgan fingerprint density at radius 2 is 2.11 bits per heavy atom. The van der Waals surface area contributed by atoms with Gasteiger partial charge in [-0.05, 0) is 37.3 Å². The number of hydrogen-bond donors (Lipinski definition) is 1. The molecule has 0 bridgehead atoms. The number of piperidine rings is 1. The van der Waals surface area contributed by atoms with E-state index in [0.29, 0.717) is 18.3 Å². The Labute approximate surface area is 158 Å². The molecule has 0 unspecified atom stereocenters. The highest BCUT2D eigenvalue weighted by molar-refractivity contribution is 5.94. The molecular weight excluding hydrogens is 344 g/mol. The molecule has 0 aliphatic carbocycles. The van der Waals surface area contributed by atoms with Gasteiger partial charge in [-0.2, -0.15) is 0 Å². The van der Waals surface area contributed by atoms with Crippen LogP contribution in [0.15, 0.2) is 24.3 Å². The van der Waals surface area contributed by atoms with Crippen molar-refractivity contribution in [1.82, 2.24) is 9.47 Å². The van der Waals surface area contributed by atoms with Crippen molar-refractivity contribution in [2.75, 3.05) is 20.2 Å². The van der Waals surface area contributed by atoms with Crippen molar-refractivity contribution in [3.63, 3.8) is 0 Å². The van der Waals surface area contributed by atoms with Gasteiger partial charge in [0.1, 0.15) is 0 Å². The van der Waals surface area contributed by atoms with Gasteiger partial charge in [0.05, 0.1) is 30.5 Å². The van der Waals surface area contributed by atoms with Crippen LogP contribution in [0.25, 0.3) is 10.9 Å². The van der Waals surface area contributed by atoms with E-state index in [0.717, 1.165) is 42.5 Å². The molecule has 3 aliphatic rings. The molecule has 5 rings (SSSR count). The second kappa shape index (κ2) is 6.33. The Bertz CT molecular complexity index is 892. The number of fused-ring (bicyclic) bond motifs is 6. The van der Waals surface area contributed by atoms with E-state index in [1.54, 1.807) is 4.57 Å². The number of aromatic nitrogens is 1. The second-order valence-corrected chi connectivity index (χ2v) is 8.14. The summed E-state index contributed by atoms with van der Waals surface area (Å²) >= 11 is 0. The van der Waals surface area contributed by atoms with Gasteiger partial charge in [0, 0.05) is 30.8 Å². The van der Waals surface area contributed by atoms with Gasteiger partial charge < -0.3 is 14.6 Å². The van der Waals surface area contributed by atoms with Crippen LogP contribution in [0.3, 0.4) is 0 Å². The van der Waals surface area contributed by atoms with Gasteiger partial charge in [-0.15, -0.1) is 0 Å². The minimum Gasteiger partial charge on any atom is -0.452 e. The largest absolute Gasteiger partial charge is 0.452 e. The molecule has 0 saturated carbocycles. The van der Waals surface area contributed by atoms with Gasteiger partial charge in [-0.25, -0.2) is 9.36 Å². The van der Waals surface area contributed by atoms with Gasteiger partial charge in [0.2, 0.25) is 0 Å². The number of methoxy groups -OCH3 is 1. The highest BCUT2D eigenvalue weighted by Gasteiger charge is 2.46. The molecule has 6 heteroatoms. The van der Waals surface area contributed by atoms with E-state index in [-0.39, 0.29) is 18.2 Å². The van der Waals surface area contributed by atoms with E-state index >= 15 is 0 Å². The average molecular weight is 370 g/mol. The molecule has 0 spiro atoms. The van der Waals surface area contributed by atoms with Gasteiger partial charge in [0.15, 0.2) is 6.29 Å². The number of benzene rings is 1. The minimum atomic E-state index is -0.678. The quantitative estimate of drug-likeness (QED) is 0.773. The van der Waals surface area contributed by atoms with Gasteiger partial charge in [-0.1, -0.05) is 18.2 Å². The van der Waals surface area contributed by atoms with Crippen molar-refractivity contribution in [3.05, 3.63) is 35.5 Å². The zero-order valence-electron chi connectivity index (χ0n) is 15.8. The maximum Gasteiger partial charge on any atom is 0.418 e. The van der Waals surface area contributed by atoms with Crippen molar-refractivity contribution >= 4 is 17.0 Å². The number of rotatable bonds is 0. The number of para-hydroxylation sites is 1. The van der Waals surface area contributed by atoms with E-state index in [1.807, 2.05) is 18.2 Å². The summed E-state index contributed by atoms with van der Waals surface area (Å²) in [7, 11) is 1.44. The van der Waals surface area contributed by atoms with Gasteiger partial charge in [0.25, 0.3) is 0 Å². The van der Waals surface area contributed by atoms with Crippen molar-refractivity contribution in [2.45, 2.75) is 44.6 Å². The van der Waals surface area contributed by atoms with Crippen molar-refractivity contribution in [1.29, 1.82) is 0 Å². The molecule has 1 N–H and O–H groups in total. The Kier molecular flexibility index (Phi) is 4.04. The summed E-state index contributed by atoms with van der Waals surface area (Å²) in [6, 6.07) is 8.29. The molecule has 5 atom stereocenters. The summed E-state index contributed by atoms with van der Waals surface area (Å²) in [5.41, 5.74) is 3.29. The molecule has 3 aliphatic heterocycles. The average Bonchev–Trinajstić information content (AvgIpc) is 3.01. The first-order valence-corrected chi connectivity index (χ1v) is 9.86. The number of aliphatic hydroxyl groups excluding tert-OH is 1. The zero-order valence-corrected chi connectivity index (χ0v) is 15.8. The Morgan fingerprint density at radius 1 is 1.30 bits per heavy atom. The van der Waals surface area contributed by atoms with Crippen LogP contribution in [0.5, 0.6) is 0 Å². The molecule has 2 fully saturated rings. The molecule has 0 radical (unpaired) electrons. The summed E-state index contributed by atoms with van der Waals surface area (Å²) in [6.45, 7) is 4.01. The van der Waals surface area contributed by atoms with E-state index in [9.17, 15) is 9.90 Å².